The molecule has 1 aromatic carbocycles. The first-order valence-electron chi connectivity index (χ1n) is 6.67. The van der Waals surface area contributed by atoms with Crippen LogP contribution in [0.2, 0.25) is 5.02 Å². The van der Waals surface area contributed by atoms with E-state index in [-0.39, 0.29) is 18.4 Å². The molecule has 106 valence electrons. The third kappa shape index (κ3) is 4.84. The Labute approximate surface area is 120 Å². The summed E-state index contributed by atoms with van der Waals surface area (Å²) in [6, 6.07) is 6.97. The Bertz CT molecular complexity index is 405. The van der Waals surface area contributed by atoms with Crippen molar-refractivity contribution in [2.45, 2.75) is 33.3 Å². The van der Waals surface area contributed by atoms with Crippen LogP contribution in [0.25, 0.3) is 0 Å². The highest BCUT2D eigenvalue weighted by atomic mass is 35.5. The van der Waals surface area contributed by atoms with Crippen LogP contribution in [-0.4, -0.2) is 17.6 Å². The van der Waals surface area contributed by atoms with E-state index in [1.54, 1.807) is 24.3 Å². The van der Waals surface area contributed by atoms with Crippen LogP contribution in [0.1, 0.15) is 38.9 Å². The van der Waals surface area contributed by atoms with Gasteiger partial charge in [-0.25, -0.2) is 0 Å². The molecule has 0 heterocycles. The Kier molecular flexibility index (Phi) is 6.32. The standard InChI is InChI=1S/C15H22ClNO2/c1-4-10(2)11(3)15(19)17-9-14(18)12-5-7-13(16)8-6-12/h5-8,10-11,14,18H,4,9H2,1-3H3,(H,17,19). The van der Waals surface area contributed by atoms with E-state index in [1.807, 2.05) is 6.92 Å². The average Bonchev–Trinajstić information content (AvgIpc) is 2.43. The quantitative estimate of drug-likeness (QED) is 0.842. The number of aliphatic hydroxyl groups is 1. The lowest BCUT2D eigenvalue weighted by molar-refractivity contribution is -0.126. The Hall–Kier alpha value is -1.06. The molecule has 0 fully saturated rings. The second-order valence-corrected chi connectivity index (χ2v) is 5.42. The van der Waals surface area contributed by atoms with Crippen LogP contribution >= 0.6 is 11.6 Å². The van der Waals surface area contributed by atoms with Crippen LogP contribution in [0.3, 0.4) is 0 Å². The summed E-state index contributed by atoms with van der Waals surface area (Å²) < 4.78 is 0. The van der Waals surface area contributed by atoms with E-state index in [1.165, 1.54) is 0 Å². The molecule has 0 spiro atoms. The predicted molar refractivity (Wildman–Crippen MR) is 78.0 cm³/mol. The third-order valence-electron chi connectivity index (χ3n) is 3.64. The number of benzene rings is 1. The fourth-order valence-corrected chi connectivity index (χ4v) is 1.90. The van der Waals surface area contributed by atoms with Gasteiger partial charge < -0.3 is 10.4 Å². The summed E-state index contributed by atoms with van der Waals surface area (Å²) in [5, 5.41) is 13.4. The molecule has 0 aliphatic rings. The number of nitrogens with one attached hydrogen (secondary N) is 1. The van der Waals surface area contributed by atoms with Crippen LogP contribution in [0, 0.1) is 11.8 Å². The highest BCUT2D eigenvalue weighted by Crippen LogP contribution is 2.17. The van der Waals surface area contributed by atoms with Gasteiger partial charge in [0.2, 0.25) is 5.91 Å². The molecule has 1 rings (SSSR count). The van der Waals surface area contributed by atoms with Crippen LogP contribution < -0.4 is 5.32 Å². The van der Waals surface area contributed by atoms with Crippen molar-refractivity contribution in [1.82, 2.24) is 5.32 Å². The Morgan fingerprint density at radius 3 is 2.42 bits per heavy atom. The molecule has 3 atom stereocenters. The molecule has 0 aliphatic carbocycles. The molecule has 0 saturated carbocycles. The number of aliphatic hydroxyl groups excluding tert-OH is 1. The van der Waals surface area contributed by atoms with E-state index in [9.17, 15) is 9.90 Å². The number of amides is 1. The summed E-state index contributed by atoms with van der Waals surface area (Å²) in [6.07, 6.45) is 0.263. The molecule has 1 aromatic rings. The number of carbonyl (C=O) groups excluding carboxylic acids is 1. The first-order chi connectivity index (χ1) is 8.95. The molecule has 4 heteroatoms. The molecular weight excluding hydrogens is 262 g/mol. The minimum absolute atomic E-state index is 0.0117. The van der Waals surface area contributed by atoms with E-state index in [2.05, 4.69) is 19.2 Å². The summed E-state index contributed by atoms with van der Waals surface area (Å²) in [5.74, 6) is 0.289. The van der Waals surface area contributed by atoms with Gasteiger partial charge >= 0.3 is 0 Å². The topological polar surface area (TPSA) is 49.3 Å². The summed E-state index contributed by atoms with van der Waals surface area (Å²) >= 11 is 5.78. The molecule has 3 unspecified atom stereocenters. The van der Waals surface area contributed by atoms with E-state index in [0.717, 1.165) is 12.0 Å². The van der Waals surface area contributed by atoms with Gasteiger partial charge in [0.25, 0.3) is 0 Å². The molecule has 3 nitrogen and oxygen atoms in total. The zero-order chi connectivity index (χ0) is 14.4. The van der Waals surface area contributed by atoms with Crippen molar-refractivity contribution in [1.29, 1.82) is 0 Å². The predicted octanol–water partition coefficient (Wildman–Crippen LogP) is 3.17. The van der Waals surface area contributed by atoms with Crippen LogP contribution in [0.4, 0.5) is 0 Å². The lowest BCUT2D eigenvalue weighted by atomic mass is 9.93. The molecule has 0 radical (unpaired) electrons. The summed E-state index contributed by atoms with van der Waals surface area (Å²) in [5.41, 5.74) is 0.751. The minimum atomic E-state index is -0.703. The molecule has 0 saturated heterocycles. The molecule has 0 bridgehead atoms. The number of carbonyl (C=O) groups is 1. The maximum atomic E-state index is 11.9. The van der Waals surface area contributed by atoms with Crippen molar-refractivity contribution >= 4 is 17.5 Å². The normalized spacial score (nSPS) is 15.6. The Morgan fingerprint density at radius 2 is 1.89 bits per heavy atom. The highest BCUT2D eigenvalue weighted by molar-refractivity contribution is 6.30. The molecule has 0 aliphatic heterocycles. The van der Waals surface area contributed by atoms with Gasteiger partial charge in [-0.1, -0.05) is 50.9 Å². The van der Waals surface area contributed by atoms with E-state index in [4.69, 9.17) is 11.6 Å². The third-order valence-corrected chi connectivity index (χ3v) is 3.89. The van der Waals surface area contributed by atoms with Gasteiger partial charge in [-0.3, -0.25) is 4.79 Å². The zero-order valence-corrected chi connectivity index (χ0v) is 12.4. The monoisotopic (exact) mass is 283 g/mol. The first-order valence-corrected chi connectivity index (χ1v) is 7.04. The van der Waals surface area contributed by atoms with Crippen LogP contribution in [-0.2, 0) is 4.79 Å². The lowest BCUT2D eigenvalue weighted by Gasteiger charge is -2.19. The SMILES string of the molecule is CCC(C)C(C)C(=O)NCC(O)c1ccc(Cl)cc1. The van der Waals surface area contributed by atoms with Crippen molar-refractivity contribution in [2.24, 2.45) is 11.8 Å². The number of hydrogen-bond donors (Lipinski definition) is 2. The van der Waals surface area contributed by atoms with Crippen molar-refractivity contribution in [2.75, 3.05) is 6.54 Å². The van der Waals surface area contributed by atoms with Gasteiger partial charge in [0.05, 0.1) is 6.10 Å². The fourth-order valence-electron chi connectivity index (χ4n) is 1.77. The summed E-state index contributed by atoms with van der Waals surface area (Å²) in [7, 11) is 0. The molecular formula is C15H22ClNO2. The number of halogens is 1. The fraction of sp³-hybridized carbons (Fsp3) is 0.533. The minimum Gasteiger partial charge on any atom is -0.387 e. The van der Waals surface area contributed by atoms with E-state index < -0.39 is 6.10 Å². The summed E-state index contributed by atoms with van der Waals surface area (Å²) in [6.45, 7) is 6.26. The molecule has 0 aromatic heterocycles. The van der Waals surface area contributed by atoms with Crippen LogP contribution in [0.15, 0.2) is 24.3 Å². The maximum absolute atomic E-state index is 11.9. The van der Waals surface area contributed by atoms with Crippen molar-refractivity contribution in [3.8, 4) is 0 Å². The second-order valence-electron chi connectivity index (χ2n) is 4.99. The van der Waals surface area contributed by atoms with Gasteiger partial charge in [0.1, 0.15) is 0 Å². The average molecular weight is 284 g/mol. The number of rotatable bonds is 6. The van der Waals surface area contributed by atoms with E-state index >= 15 is 0 Å². The van der Waals surface area contributed by atoms with Gasteiger partial charge in [0, 0.05) is 17.5 Å². The van der Waals surface area contributed by atoms with Crippen molar-refractivity contribution in [3.05, 3.63) is 34.9 Å². The zero-order valence-electron chi connectivity index (χ0n) is 11.7. The lowest BCUT2D eigenvalue weighted by Crippen LogP contribution is -2.35. The van der Waals surface area contributed by atoms with Crippen molar-refractivity contribution in [3.63, 3.8) is 0 Å². The number of hydrogen-bond acceptors (Lipinski definition) is 2. The van der Waals surface area contributed by atoms with Gasteiger partial charge in [-0.05, 0) is 23.6 Å². The second kappa shape index (κ2) is 7.51. The smallest absolute Gasteiger partial charge is 0.223 e. The van der Waals surface area contributed by atoms with Crippen molar-refractivity contribution < 1.29 is 9.90 Å². The maximum Gasteiger partial charge on any atom is 0.223 e. The van der Waals surface area contributed by atoms with E-state index in [0.29, 0.717) is 10.9 Å². The Morgan fingerprint density at radius 1 is 1.32 bits per heavy atom. The molecule has 1 amide bonds. The Balaban J connectivity index is 2.48. The van der Waals surface area contributed by atoms with Gasteiger partial charge in [0.15, 0.2) is 0 Å². The first kappa shape index (κ1) is 16.0. The van der Waals surface area contributed by atoms with Gasteiger partial charge in [-0.2, -0.15) is 0 Å². The summed E-state index contributed by atoms with van der Waals surface area (Å²) in [4.78, 5) is 11.9. The van der Waals surface area contributed by atoms with Gasteiger partial charge in [-0.15, -0.1) is 0 Å². The largest absolute Gasteiger partial charge is 0.387 e. The highest BCUT2D eigenvalue weighted by Gasteiger charge is 2.19. The molecule has 19 heavy (non-hydrogen) atoms. The van der Waals surface area contributed by atoms with Crippen LogP contribution in [0.5, 0.6) is 0 Å². The molecule has 2 N–H and O–H groups in total.